The standard InChI is InChI=1S/C13H20N2O5/c1-2-3-15-11(16)7-10(13(15)19)14-4-5-20-9(8-14)6-12(17)18/h9-10H,2-8H2,1H3,(H,17,18). The number of rotatable bonds is 5. The van der Waals surface area contributed by atoms with E-state index in [-0.39, 0.29) is 24.7 Å². The maximum atomic E-state index is 12.2. The first-order chi connectivity index (χ1) is 9.52. The number of hydrogen-bond donors (Lipinski definition) is 1. The van der Waals surface area contributed by atoms with Crippen molar-refractivity contribution in [2.24, 2.45) is 0 Å². The fourth-order valence-corrected chi connectivity index (χ4v) is 2.75. The number of imide groups is 1. The lowest BCUT2D eigenvalue weighted by molar-refractivity contribution is -0.143. The summed E-state index contributed by atoms with van der Waals surface area (Å²) in [6.45, 7) is 3.71. The Balaban J connectivity index is 1.99. The third kappa shape index (κ3) is 3.16. The van der Waals surface area contributed by atoms with Crippen LogP contribution in [0.4, 0.5) is 0 Å². The van der Waals surface area contributed by atoms with Gasteiger partial charge in [-0.2, -0.15) is 0 Å². The van der Waals surface area contributed by atoms with Crippen LogP contribution in [0.25, 0.3) is 0 Å². The lowest BCUT2D eigenvalue weighted by atomic mass is 10.1. The quantitative estimate of drug-likeness (QED) is 0.697. The minimum Gasteiger partial charge on any atom is -0.481 e. The van der Waals surface area contributed by atoms with Crippen molar-refractivity contribution >= 4 is 17.8 Å². The van der Waals surface area contributed by atoms with Crippen LogP contribution >= 0.6 is 0 Å². The number of carbonyl (C=O) groups excluding carboxylic acids is 2. The van der Waals surface area contributed by atoms with E-state index in [0.717, 1.165) is 6.42 Å². The van der Waals surface area contributed by atoms with E-state index in [1.165, 1.54) is 4.90 Å². The second-order valence-electron chi connectivity index (χ2n) is 5.19. The van der Waals surface area contributed by atoms with E-state index in [4.69, 9.17) is 9.84 Å². The average Bonchev–Trinajstić information content (AvgIpc) is 2.67. The lowest BCUT2D eigenvalue weighted by Gasteiger charge is -2.35. The number of carboxylic acids is 1. The Morgan fingerprint density at radius 2 is 2.20 bits per heavy atom. The first-order valence-electron chi connectivity index (χ1n) is 6.94. The van der Waals surface area contributed by atoms with Gasteiger partial charge in [-0.15, -0.1) is 0 Å². The summed E-state index contributed by atoms with van der Waals surface area (Å²) >= 11 is 0. The number of amides is 2. The van der Waals surface area contributed by atoms with Gasteiger partial charge in [0.1, 0.15) is 0 Å². The van der Waals surface area contributed by atoms with E-state index in [1.807, 2.05) is 11.8 Å². The van der Waals surface area contributed by atoms with Crippen LogP contribution < -0.4 is 0 Å². The molecule has 0 spiro atoms. The van der Waals surface area contributed by atoms with E-state index >= 15 is 0 Å². The van der Waals surface area contributed by atoms with Crippen LogP contribution in [-0.4, -0.2) is 71.1 Å². The van der Waals surface area contributed by atoms with Gasteiger partial charge in [0.15, 0.2) is 0 Å². The third-order valence-corrected chi connectivity index (χ3v) is 3.68. The number of hydrogen-bond acceptors (Lipinski definition) is 5. The zero-order valence-corrected chi connectivity index (χ0v) is 11.6. The Bertz CT molecular complexity index is 412. The number of likely N-dealkylation sites (tertiary alicyclic amines) is 1. The number of morpholine rings is 1. The van der Waals surface area contributed by atoms with Crippen molar-refractivity contribution in [1.82, 2.24) is 9.80 Å². The molecule has 0 aromatic carbocycles. The van der Waals surface area contributed by atoms with Gasteiger partial charge in [0, 0.05) is 19.6 Å². The Morgan fingerprint density at radius 1 is 1.45 bits per heavy atom. The van der Waals surface area contributed by atoms with E-state index in [0.29, 0.717) is 26.2 Å². The van der Waals surface area contributed by atoms with Crippen LogP contribution in [0.5, 0.6) is 0 Å². The first-order valence-corrected chi connectivity index (χ1v) is 6.94. The molecule has 2 aliphatic rings. The van der Waals surface area contributed by atoms with Gasteiger partial charge in [0.2, 0.25) is 11.8 Å². The Kier molecular flexibility index (Phi) is 4.72. The largest absolute Gasteiger partial charge is 0.481 e. The molecule has 0 radical (unpaired) electrons. The molecule has 2 saturated heterocycles. The molecular weight excluding hydrogens is 264 g/mol. The molecule has 112 valence electrons. The molecule has 0 aromatic rings. The van der Waals surface area contributed by atoms with Crippen LogP contribution in [0.2, 0.25) is 0 Å². The van der Waals surface area contributed by atoms with E-state index in [9.17, 15) is 14.4 Å². The van der Waals surface area contributed by atoms with Gasteiger partial charge in [-0.05, 0) is 6.42 Å². The van der Waals surface area contributed by atoms with E-state index < -0.39 is 18.1 Å². The van der Waals surface area contributed by atoms with Crippen molar-refractivity contribution in [1.29, 1.82) is 0 Å². The van der Waals surface area contributed by atoms with Crippen molar-refractivity contribution in [3.63, 3.8) is 0 Å². The second-order valence-corrected chi connectivity index (χ2v) is 5.19. The summed E-state index contributed by atoms with van der Waals surface area (Å²) in [5.41, 5.74) is 0. The van der Waals surface area contributed by atoms with Crippen molar-refractivity contribution < 1.29 is 24.2 Å². The summed E-state index contributed by atoms with van der Waals surface area (Å²) in [6.07, 6.45) is 0.446. The fourth-order valence-electron chi connectivity index (χ4n) is 2.75. The topological polar surface area (TPSA) is 87.2 Å². The molecule has 2 heterocycles. The first kappa shape index (κ1) is 14.9. The molecule has 0 aromatic heterocycles. The van der Waals surface area contributed by atoms with Crippen LogP contribution in [0.15, 0.2) is 0 Å². The Hall–Kier alpha value is -1.47. The maximum Gasteiger partial charge on any atom is 0.306 e. The molecular formula is C13H20N2O5. The molecule has 2 fully saturated rings. The predicted molar refractivity (Wildman–Crippen MR) is 69.0 cm³/mol. The van der Waals surface area contributed by atoms with Gasteiger partial charge in [0.05, 0.1) is 31.6 Å². The number of aliphatic carboxylic acids is 1. The summed E-state index contributed by atoms with van der Waals surface area (Å²) in [7, 11) is 0. The van der Waals surface area contributed by atoms with Crippen molar-refractivity contribution in [2.75, 3.05) is 26.2 Å². The Morgan fingerprint density at radius 3 is 2.85 bits per heavy atom. The van der Waals surface area contributed by atoms with Crippen molar-refractivity contribution in [3.05, 3.63) is 0 Å². The monoisotopic (exact) mass is 284 g/mol. The van der Waals surface area contributed by atoms with Gasteiger partial charge in [0.25, 0.3) is 0 Å². The van der Waals surface area contributed by atoms with Crippen LogP contribution in [-0.2, 0) is 19.1 Å². The molecule has 7 nitrogen and oxygen atoms in total. The fraction of sp³-hybridized carbons (Fsp3) is 0.769. The predicted octanol–water partition coefficient (Wildman–Crippen LogP) is -0.301. The molecule has 7 heteroatoms. The van der Waals surface area contributed by atoms with Crippen LogP contribution in [0.3, 0.4) is 0 Å². The summed E-state index contributed by atoms with van der Waals surface area (Å²) in [5.74, 6) is -1.21. The van der Waals surface area contributed by atoms with Gasteiger partial charge in [-0.3, -0.25) is 24.2 Å². The minimum absolute atomic E-state index is 0.0793. The van der Waals surface area contributed by atoms with E-state index in [1.54, 1.807) is 0 Å². The summed E-state index contributed by atoms with van der Waals surface area (Å²) in [5, 5.41) is 8.80. The number of ether oxygens (including phenoxy) is 1. The highest BCUT2D eigenvalue weighted by molar-refractivity contribution is 6.05. The van der Waals surface area contributed by atoms with Crippen LogP contribution in [0.1, 0.15) is 26.2 Å². The van der Waals surface area contributed by atoms with Crippen molar-refractivity contribution in [2.45, 2.75) is 38.3 Å². The highest BCUT2D eigenvalue weighted by Crippen LogP contribution is 2.22. The molecule has 1 N–H and O–H groups in total. The zero-order valence-electron chi connectivity index (χ0n) is 11.6. The van der Waals surface area contributed by atoms with Gasteiger partial charge < -0.3 is 9.84 Å². The third-order valence-electron chi connectivity index (χ3n) is 3.68. The van der Waals surface area contributed by atoms with Gasteiger partial charge in [-0.1, -0.05) is 6.92 Å². The second kappa shape index (κ2) is 6.32. The molecule has 0 aliphatic carbocycles. The number of nitrogens with zero attached hydrogens (tertiary/aromatic N) is 2. The van der Waals surface area contributed by atoms with Crippen LogP contribution in [0, 0.1) is 0 Å². The Labute approximate surface area is 117 Å². The average molecular weight is 284 g/mol. The number of carboxylic acid groups (broad SMARTS) is 1. The molecule has 2 rings (SSSR count). The lowest BCUT2D eigenvalue weighted by Crippen LogP contribution is -2.51. The van der Waals surface area contributed by atoms with Gasteiger partial charge >= 0.3 is 5.97 Å². The molecule has 20 heavy (non-hydrogen) atoms. The minimum atomic E-state index is -0.918. The SMILES string of the molecule is CCCN1C(=O)CC(N2CCOC(CC(=O)O)C2)C1=O. The summed E-state index contributed by atoms with van der Waals surface area (Å²) < 4.78 is 5.38. The highest BCUT2D eigenvalue weighted by atomic mass is 16.5. The zero-order chi connectivity index (χ0) is 14.7. The molecule has 2 atom stereocenters. The molecule has 0 bridgehead atoms. The molecule has 2 aliphatic heterocycles. The summed E-state index contributed by atoms with van der Waals surface area (Å²) in [6, 6.07) is -0.450. The molecule has 0 saturated carbocycles. The normalized spacial score (nSPS) is 28.1. The smallest absolute Gasteiger partial charge is 0.306 e. The highest BCUT2D eigenvalue weighted by Gasteiger charge is 2.42. The molecule has 2 amide bonds. The summed E-state index contributed by atoms with van der Waals surface area (Å²) in [4.78, 5) is 38.0. The maximum absolute atomic E-state index is 12.2. The van der Waals surface area contributed by atoms with Gasteiger partial charge in [-0.25, -0.2) is 0 Å². The van der Waals surface area contributed by atoms with E-state index in [2.05, 4.69) is 0 Å². The molecule has 2 unspecified atom stereocenters. The van der Waals surface area contributed by atoms with Crippen molar-refractivity contribution in [3.8, 4) is 0 Å². The number of carbonyl (C=O) groups is 3.